The zero-order valence-electron chi connectivity index (χ0n) is 10.7. The van der Waals surface area contributed by atoms with Crippen molar-refractivity contribution in [2.24, 2.45) is 0 Å². The van der Waals surface area contributed by atoms with E-state index in [0.717, 1.165) is 36.4 Å². The summed E-state index contributed by atoms with van der Waals surface area (Å²) in [6, 6.07) is 5.21. The molecule has 22 heavy (non-hydrogen) atoms. The second-order valence-electron chi connectivity index (χ2n) is 4.76. The Kier molecular flexibility index (Phi) is 3.72. The first-order valence-electron chi connectivity index (χ1n) is 6.14. The molecule has 2 aromatic rings. The van der Waals surface area contributed by atoms with Crippen molar-refractivity contribution in [2.75, 3.05) is 0 Å². The summed E-state index contributed by atoms with van der Waals surface area (Å²) in [7, 11) is 0. The van der Waals surface area contributed by atoms with E-state index in [1.807, 2.05) is 0 Å². The molecule has 0 radical (unpaired) electrons. The SMILES string of the molecule is O=C(c1cc(F)ccc1F)[C@@H]1O[C@@]1(I)c1cc(F)ccc1F. The van der Waals surface area contributed by atoms with Crippen LogP contribution in [0.1, 0.15) is 15.9 Å². The second-order valence-corrected chi connectivity index (χ2v) is 6.36. The number of benzene rings is 2. The van der Waals surface area contributed by atoms with Gasteiger partial charge >= 0.3 is 0 Å². The fraction of sp³-hybridized carbons (Fsp3) is 0.133. The molecule has 2 atom stereocenters. The lowest BCUT2D eigenvalue weighted by Crippen LogP contribution is -2.17. The number of ketones is 1. The number of ether oxygens (including phenoxy) is 1. The van der Waals surface area contributed by atoms with Gasteiger partial charge in [-0.1, -0.05) is 0 Å². The fourth-order valence-corrected chi connectivity index (χ4v) is 3.10. The van der Waals surface area contributed by atoms with Crippen molar-refractivity contribution in [2.45, 2.75) is 9.71 Å². The van der Waals surface area contributed by atoms with Crippen LogP contribution in [0.25, 0.3) is 0 Å². The molecule has 2 nitrogen and oxygen atoms in total. The van der Waals surface area contributed by atoms with Gasteiger partial charge in [-0.25, -0.2) is 17.6 Å². The first kappa shape index (κ1) is 15.4. The van der Waals surface area contributed by atoms with E-state index in [-0.39, 0.29) is 5.56 Å². The van der Waals surface area contributed by atoms with Gasteiger partial charge in [0.15, 0.2) is 15.5 Å². The highest BCUT2D eigenvalue weighted by Crippen LogP contribution is 2.54. The monoisotopic (exact) mass is 422 g/mol. The van der Waals surface area contributed by atoms with Gasteiger partial charge in [-0.2, -0.15) is 0 Å². The Labute approximate surface area is 136 Å². The van der Waals surface area contributed by atoms with Gasteiger partial charge in [-0.3, -0.25) is 4.79 Å². The first-order valence-corrected chi connectivity index (χ1v) is 7.22. The van der Waals surface area contributed by atoms with E-state index in [1.165, 1.54) is 0 Å². The van der Waals surface area contributed by atoms with Crippen LogP contribution in [0.3, 0.4) is 0 Å². The lowest BCUT2D eigenvalue weighted by atomic mass is 10.0. The maximum Gasteiger partial charge on any atom is 0.198 e. The Hall–Kier alpha value is -1.48. The minimum Gasteiger partial charge on any atom is -0.341 e. The van der Waals surface area contributed by atoms with Gasteiger partial charge in [0.1, 0.15) is 23.3 Å². The summed E-state index contributed by atoms with van der Waals surface area (Å²) in [5.74, 6) is -3.94. The van der Waals surface area contributed by atoms with Crippen LogP contribution in [0.5, 0.6) is 0 Å². The molecule has 1 saturated heterocycles. The van der Waals surface area contributed by atoms with Crippen LogP contribution < -0.4 is 0 Å². The molecule has 114 valence electrons. The average Bonchev–Trinajstić information content (AvgIpc) is 3.16. The average molecular weight is 422 g/mol. The van der Waals surface area contributed by atoms with Crippen LogP contribution in [-0.2, 0) is 8.34 Å². The highest BCUT2D eigenvalue weighted by molar-refractivity contribution is 14.1. The van der Waals surface area contributed by atoms with Crippen molar-refractivity contribution in [1.29, 1.82) is 0 Å². The van der Waals surface area contributed by atoms with E-state index >= 15 is 0 Å². The third-order valence-electron chi connectivity index (χ3n) is 3.30. The number of alkyl halides is 1. The number of halogens is 5. The first-order chi connectivity index (χ1) is 10.3. The molecule has 1 heterocycles. The van der Waals surface area contributed by atoms with Gasteiger partial charge in [0, 0.05) is 5.56 Å². The minimum absolute atomic E-state index is 0.150. The minimum atomic E-state index is -1.43. The van der Waals surface area contributed by atoms with Crippen molar-refractivity contribution < 1.29 is 27.1 Å². The van der Waals surface area contributed by atoms with Gasteiger partial charge in [0.25, 0.3) is 0 Å². The molecule has 0 aromatic heterocycles. The predicted octanol–water partition coefficient (Wildman–Crippen LogP) is 4.11. The Morgan fingerprint density at radius 3 is 2.27 bits per heavy atom. The lowest BCUT2D eigenvalue weighted by molar-refractivity contribution is 0.0949. The summed E-state index contributed by atoms with van der Waals surface area (Å²) in [5.41, 5.74) is -0.636. The van der Waals surface area contributed by atoms with E-state index in [2.05, 4.69) is 0 Å². The largest absolute Gasteiger partial charge is 0.341 e. The molecule has 3 rings (SSSR count). The number of hydrogen-bond acceptors (Lipinski definition) is 2. The van der Waals surface area contributed by atoms with E-state index in [9.17, 15) is 22.4 Å². The van der Waals surface area contributed by atoms with E-state index in [0.29, 0.717) is 0 Å². The van der Waals surface area contributed by atoms with Crippen LogP contribution in [0.2, 0.25) is 0 Å². The summed E-state index contributed by atoms with van der Waals surface area (Å²) < 4.78 is 57.6. The van der Waals surface area contributed by atoms with Crippen LogP contribution in [0.15, 0.2) is 36.4 Å². The van der Waals surface area contributed by atoms with Crippen LogP contribution >= 0.6 is 22.6 Å². The summed E-state index contributed by atoms with van der Waals surface area (Å²) in [5, 5.41) is 0. The number of hydrogen-bond donors (Lipinski definition) is 0. The third-order valence-corrected chi connectivity index (χ3v) is 4.70. The smallest absolute Gasteiger partial charge is 0.198 e. The molecule has 0 amide bonds. The number of carbonyl (C=O) groups is 1. The van der Waals surface area contributed by atoms with Crippen LogP contribution in [0.4, 0.5) is 17.6 Å². The molecule has 7 heteroatoms. The van der Waals surface area contributed by atoms with Gasteiger partial charge in [-0.15, -0.1) is 0 Å². The molecule has 2 aromatic carbocycles. The molecule has 0 N–H and O–H groups in total. The van der Waals surface area contributed by atoms with Crippen molar-refractivity contribution >= 4 is 28.4 Å². The molecule has 1 aliphatic heterocycles. The topological polar surface area (TPSA) is 29.6 Å². The van der Waals surface area contributed by atoms with Crippen molar-refractivity contribution in [3.8, 4) is 0 Å². The fourth-order valence-electron chi connectivity index (χ4n) is 2.15. The molecule has 0 aliphatic carbocycles. The van der Waals surface area contributed by atoms with Gasteiger partial charge in [0.2, 0.25) is 0 Å². The molecule has 1 fully saturated rings. The third kappa shape index (κ3) is 2.52. The number of Topliss-reactive ketones (excluding diaryl/α,β-unsaturated/α-hetero) is 1. The van der Waals surface area contributed by atoms with Gasteiger partial charge in [-0.05, 0) is 59.0 Å². The standard InChI is InChI=1S/C15H7F4IO2/c16-7-1-3-11(18)9(5-7)13(21)14-15(20,22-14)10-6-8(17)2-4-12(10)19/h1-6,14H/t14-,15-/m0/s1. The van der Waals surface area contributed by atoms with Gasteiger partial charge in [0.05, 0.1) is 5.56 Å². The zero-order chi connectivity index (χ0) is 16.1. The predicted molar refractivity (Wildman–Crippen MR) is 77.6 cm³/mol. The summed E-state index contributed by atoms with van der Waals surface area (Å²) >= 11 is 1.65. The summed E-state index contributed by atoms with van der Waals surface area (Å²) in [6.07, 6.45) is -1.21. The summed E-state index contributed by atoms with van der Waals surface area (Å²) in [6.45, 7) is 0. The Morgan fingerprint density at radius 1 is 1.00 bits per heavy atom. The molecule has 1 aliphatic rings. The van der Waals surface area contributed by atoms with E-state index in [4.69, 9.17) is 4.74 Å². The Morgan fingerprint density at radius 2 is 1.59 bits per heavy atom. The number of rotatable bonds is 3. The van der Waals surface area contributed by atoms with Crippen LogP contribution in [-0.4, -0.2) is 11.9 Å². The highest BCUT2D eigenvalue weighted by atomic mass is 127. The summed E-state index contributed by atoms with van der Waals surface area (Å²) in [4.78, 5) is 12.2. The van der Waals surface area contributed by atoms with Crippen molar-refractivity contribution in [3.63, 3.8) is 0 Å². The maximum absolute atomic E-state index is 13.8. The molecule has 0 saturated carbocycles. The highest BCUT2D eigenvalue weighted by Gasteiger charge is 2.61. The van der Waals surface area contributed by atoms with Crippen molar-refractivity contribution in [1.82, 2.24) is 0 Å². The van der Waals surface area contributed by atoms with Crippen LogP contribution in [0, 0.1) is 23.3 Å². The Bertz CT molecular complexity index is 780. The normalized spacial score (nSPS) is 23.4. The second kappa shape index (κ2) is 5.31. The van der Waals surface area contributed by atoms with Gasteiger partial charge < -0.3 is 4.74 Å². The van der Waals surface area contributed by atoms with E-state index in [1.54, 1.807) is 22.6 Å². The molecule has 0 spiro atoms. The zero-order valence-corrected chi connectivity index (χ0v) is 12.9. The molecule has 0 bridgehead atoms. The van der Waals surface area contributed by atoms with Crippen molar-refractivity contribution in [3.05, 3.63) is 70.8 Å². The molecular weight excluding hydrogens is 415 g/mol. The number of epoxide rings is 1. The maximum atomic E-state index is 13.8. The molecular formula is C15H7F4IO2. The lowest BCUT2D eigenvalue weighted by Gasteiger charge is -2.07. The molecule has 0 unspecified atom stereocenters. The Balaban J connectivity index is 1.94. The van der Waals surface area contributed by atoms with E-state index < -0.39 is 44.3 Å². The number of carbonyl (C=O) groups excluding carboxylic acids is 1. The quantitative estimate of drug-likeness (QED) is 0.245.